The Morgan fingerprint density at radius 3 is 2.70 bits per heavy atom. The molecule has 2 aromatic rings. The number of hydrogen-bond donors (Lipinski definition) is 1. The van der Waals surface area contributed by atoms with Gasteiger partial charge in [-0.1, -0.05) is 12.1 Å². The summed E-state index contributed by atoms with van der Waals surface area (Å²) in [4.78, 5) is 15.4. The van der Waals surface area contributed by atoms with Gasteiger partial charge in [0.15, 0.2) is 0 Å². The maximum atomic E-state index is 11.2. The van der Waals surface area contributed by atoms with Crippen LogP contribution in [0.4, 0.5) is 0 Å². The lowest BCUT2D eigenvalue weighted by molar-refractivity contribution is 0.0694. The number of carboxylic acids is 1. The van der Waals surface area contributed by atoms with Crippen LogP contribution in [-0.2, 0) is 0 Å². The van der Waals surface area contributed by atoms with Crippen molar-refractivity contribution < 1.29 is 14.6 Å². The molecule has 0 aliphatic rings. The van der Waals surface area contributed by atoms with E-state index >= 15 is 0 Å². The van der Waals surface area contributed by atoms with E-state index in [1.54, 1.807) is 38.1 Å². The van der Waals surface area contributed by atoms with Gasteiger partial charge in [-0.2, -0.15) is 5.26 Å². The molecule has 1 aromatic heterocycles. The Bertz CT molecular complexity index is 718. The largest absolute Gasteiger partial charge is 0.478 e. The number of carbonyl (C=O) groups is 1. The quantitative estimate of drug-likeness (QED) is 0.924. The Hall–Kier alpha value is -2.87. The number of hydrogen-bond acceptors (Lipinski definition) is 4. The standard InChI is InChI=1S/C15H12N2O3/c1-9-4-3-5-12(15(18)19)13(9)20-14-11(8-16)7-6-10(2)17-14/h3-7H,1-2H3,(H,18,19). The van der Waals surface area contributed by atoms with E-state index in [0.717, 1.165) is 0 Å². The van der Waals surface area contributed by atoms with Crippen LogP contribution in [0, 0.1) is 25.2 Å². The van der Waals surface area contributed by atoms with Crippen LogP contribution in [-0.4, -0.2) is 16.1 Å². The summed E-state index contributed by atoms with van der Waals surface area (Å²) in [5, 5.41) is 18.2. The van der Waals surface area contributed by atoms with Crippen molar-refractivity contribution in [1.29, 1.82) is 5.26 Å². The molecule has 20 heavy (non-hydrogen) atoms. The molecular formula is C15H12N2O3. The number of aryl methyl sites for hydroxylation is 2. The van der Waals surface area contributed by atoms with E-state index in [-0.39, 0.29) is 22.8 Å². The molecule has 0 amide bonds. The Morgan fingerprint density at radius 1 is 1.30 bits per heavy atom. The second-order valence-corrected chi connectivity index (χ2v) is 4.28. The van der Waals surface area contributed by atoms with E-state index in [0.29, 0.717) is 11.3 Å². The number of nitriles is 1. The molecule has 0 aliphatic heterocycles. The second kappa shape index (κ2) is 5.41. The molecule has 0 saturated carbocycles. The number of ether oxygens (including phenoxy) is 1. The van der Waals surface area contributed by atoms with Gasteiger partial charge in [0, 0.05) is 5.69 Å². The summed E-state index contributed by atoms with van der Waals surface area (Å²) in [5.41, 5.74) is 1.65. The molecule has 0 bridgehead atoms. The molecule has 1 heterocycles. The van der Waals surface area contributed by atoms with Gasteiger partial charge >= 0.3 is 5.97 Å². The molecule has 100 valence electrons. The highest BCUT2D eigenvalue weighted by Gasteiger charge is 2.16. The Morgan fingerprint density at radius 2 is 2.05 bits per heavy atom. The summed E-state index contributed by atoms with van der Waals surface area (Å²) in [6.07, 6.45) is 0. The number of benzene rings is 1. The SMILES string of the molecule is Cc1ccc(C#N)c(Oc2c(C)cccc2C(=O)O)n1. The van der Waals surface area contributed by atoms with Gasteiger partial charge in [-0.05, 0) is 37.6 Å². The summed E-state index contributed by atoms with van der Waals surface area (Å²) in [5.74, 6) is -0.770. The smallest absolute Gasteiger partial charge is 0.339 e. The molecule has 0 unspecified atom stereocenters. The average Bonchev–Trinajstić information content (AvgIpc) is 2.41. The topological polar surface area (TPSA) is 83.2 Å². The maximum Gasteiger partial charge on any atom is 0.339 e. The molecule has 0 spiro atoms. The zero-order valence-corrected chi connectivity index (χ0v) is 11.0. The molecule has 5 nitrogen and oxygen atoms in total. The van der Waals surface area contributed by atoms with Gasteiger partial charge in [0.25, 0.3) is 0 Å². The van der Waals surface area contributed by atoms with Gasteiger partial charge < -0.3 is 9.84 Å². The molecule has 0 atom stereocenters. The highest BCUT2D eigenvalue weighted by Crippen LogP contribution is 2.30. The van der Waals surface area contributed by atoms with Crippen LogP contribution in [0.15, 0.2) is 30.3 Å². The fourth-order valence-electron chi connectivity index (χ4n) is 1.75. The minimum absolute atomic E-state index is 0.0391. The summed E-state index contributed by atoms with van der Waals surface area (Å²) in [6.45, 7) is 3.51. The second-order valence-electron chi connectivity index (χ2n) is 4.28. The van der Waals surface area contributed by atoms with Crippen LogP contribution >= 0.6 is 0 Å². The fourth-order valence-corrected chi connectivity index (χ4v) is 1.75. The Labute approximate surface area is 116 Å². The number of para-hydroxylation sites is 1. The number of aromatic carboxylic acids is 1. The van der Waals surface area contributed by atoms with Crippen molar-refractivity contribution in [2.45, 2.75) is 13.8 Å². The van der Waals surface area contributed by atoms with Crippen LogP contribution in [0.25, 0.3) is 0 Å². The van der Waals surface area contributed by atoms with Crippen LogP contribution in [0.2, 0.25) is 0 Å². The number of rotatable bonds is 3. The van der Waals surface area contributed by atoms with Gasteiger partial charge in [0.1, 0.15) is 22.9 Å². The monoisotopic (exact) mass is 268 g/mol. The summed E-state index contributed by atoms with van der Waals surface area (Å²) in [7, 11) is 0. The number of aromatic nitrogens is 1. The van der Waals surface area contributed by atoms with E-state index in [2.05, 4.69) is 4.98 Å². The summed E-state index contributed by atoms with van der Waals surface area (Å²) < 4.78 is 5.59. The molecule has 1 aromatic carbocycles. The molecule has 2 rings (SSSR count). The lowest BCUT2D eigenvalue weighted by Gasteiger charge is -2.12. The first kappa shape index (κ1) is 13.6. The van der Waals surface area contributed by atoms with Crippen molar-refractivity contribution in [2.24, 2.45) is 0 Å². The number of nitrogens with zero attached hydrogens (tertiary/aromatic N) is 2. The highest BCUT2D eigenvalue weighted by molar-refractivity contribution is 5.91. The maximum absolute atomic E-state index is 11.2. The Balaban J connectivity index is 2.53. The van der Waals surface area contributed by atoms with Gasteiger partial charge in [0.05, 0.1) is 0 Å². The first-order valence-electron chi connectivity index (χ1n) is 5.91. The van der Waals surface area contributed by atoms with Crippen molar-refractivity contribution in [3.8, 4) is 17.7 Å². The van der Waals surface area contributed by atoms with Crippen molar-refractivity contribution in [3.63, 3.8) is 0 Å². The molecule has 1 N–H and O–H groups in total. The molecule has 0 radical (unpaired) electrons. The third kappa shape index (κ3) is 2.59. The van der Waals surface area contributed by atoms with E-state index in [9.17, 15) is 9.90 Å². The minimum atomic E-state index is -1.09. The molecule has 0 fully saturated rings. The van der Waals surface area contributed by atoms with Crippen molar-refractivity contribution in [2.75, 3.05) is 0 Å². The molecule has 5 heteroatoms. The van der Waals surface area contributed by atoms with Gasteiger partial charge in [-0.15, -0.1) is 0 Å². The normalized spacial score (nSPS) is 9.85. The first-order valence-corrected chi connectivity index (χ1v) is 5.91. The average molecular weight is 268 g/mol. The van der Waals surface area contributed by atoms with Crippen LogP contribution in [0.1, 0.15) is 27.2 Å². The zero-order chi connectivity index (χ0) is 14.7. The van der Waals surface area contributed by atoms with Crippen molar-refractivity contribution in [3.05, 3.63) is 52.7 Å². The fraction of sp³-hybridized carbons (Fsp3) is 0.133. The van der Waals surface area contributed by atoms with Gasteiger partial charge in [-0.25, -0.2) is 9.78 Å². The van der Waals surface area contributed by atoms with E-state index in [1.807, 2.05) is 6.07 Å². The lowest BCUT2D eigenvalue weighted by Crippen LogP contribution is -2.03. The van der Waals surface area contributed by atoms with Gasteiger partial charge in [0.2, 0.25) is 5.88 Å². The van der Waals surface area contributed by atoms with Crippen LogP contribution in [0.3, 0.4) is 0 Å². The number of carboxylic acid groups (broad SMARTS) is 1. The van der Waals surface area contributed by atoms with E-state index in [4.69, 9.17) is 10.00 Å². The third-order valence-corrected chi connectivity index (χ3v) is 2.76. The zero-order valence-electron chi connectivity index (χ0n) is 11.0. The predicted octanol–water partition coefficient (Wildman–Crippen LogP) is 3.06. The van der Waals surface area contributed by atoms with E-state index in [1.165, 1.54) is 6.07 Å². The Kier molecular flexibility index (Phi) is 3.67. The highest BCUT2D eigenvalue weighted by atomic mass is 16.5. The lowest BCUT2D eigenvalue weighted by atomic mass is 10.1. The van der Waals surface area contributed by atoms with Crippen LogP contribution < -0.4 is 4.74 Å². The summed E-state index contributed by atoms with van der Waals surface area (Å²) >= 11 is 0. The number of pyridine rings is 1. The van der Waals surface area contributed by atoms with Crippen molar-refractivity contribution in [1.82, 2.24) is 4.98 Å². The van der Waals surface area contributed by atoms with Crippen molar-refractivity contribution >= 4 is 5.97 Å². The molecule has 0 saturated heterocycles. The summed E-state index contributed by atoms with van der Waals surface area (Å²) in [6, 6.07) is 10.1. The predicted molar refractivity (Wildman–Crippen MR) is 71.9 cm³/mol. The molecular weight excluding hydrogens is 256 g/mol. The molecule has 0 aliphatic carbocycles. The van der Waals surface area contributed by atoms with Gasteiger partial charge in [-0.3, -0.25) is 0 Å². The van der Waals surface area contributed by atoms with Crippen LogP contribution in [0.5, 0.6) is 11.6 Å². The third-order valence-electron chi connectivity index (χ3n) is 2.76. The van der Waals surface area contributed by atoms with E-state index < -0.39 is 5.97 Å². The minimum Gasteiger partial charge on any atom is -0.478 e. The first-order chi connectivity index (χ1) is 9.52.